The molecule has 2 fully saturated rings. The van der Waals surface area contributed by atoms with Crippen LogP contribution in [0, 0.1) is 0 Å². The summed E-state index contributed by atoms with van der Waals surface area (Å²) >= 11 is 0. The van der Waals surface area contributed by atoms with Gasteiger partial charge in [-0.2, -0.15) is 0 Å². The molecule has 0 unspecified atom stereocenters. The highest BCUT2D eigenvalue weighted by Crippen LogP contribution is 2.35. The van der Waals surface area contributed by atoms with E-state index in [-0.39, 0.29) is 30.7 Å². The lowest BCUT2D eigenvalue weighted by atomic mass is 9.97. The third-order valence-electron chi connectivity index (χ3n) is 6.92. The van der Waals surface area contributed by atoms with Crippen molar-refractivity contribution in [2.75, 3.05) is 20.1 Å². The van der Waals surface area contributed by atoms with Crippen molar-refractivity contribution in [1.82, 2.24) is 24.4 Å². The minimum Gasteiger partial charge on any atom is -0.390 e. The largest absolute Gasteiger partial charge is 0.432 e. The summed E-state index contributed by atoms with van der Waals surface area (Å²) < 4.78 is 2.66. The Hall–Kier alpha value is -3.05. The van der Waals surface area contributed by atoms with Gasteiger partial charge >= 0.3 is 17.8 Å². The molecule has 186 valence electrons. The predicted octanol–water partition coefficient (Wildman–Crippen LogP) is 0.889. The van der Waals surface area contributed by atoms with E-state index in [1.807, 2.05) is 26.0 Å². The first-order valence-corrected chi connectivity index (χ1v) is 11.8. The van der Waals surface area contributed by atoms with Crippen LogP contribution in [0.25, 0.3) is 11.0 Å². The second kappa shape index (κ2) is 9.67. The molecule has 3 heterocycles. The maximum atomic E-state index is 12.9. The van der Waals surface area contributed by atoms with Crippen molar-refractivity contribution < 1.29 is 19.5 Å². The summed E-state index contributed by atoms with van der Waals surface area (Å²) in [4.78, 5) is 45.9. The Morgan fingerprint density at radius 2 is 1.82 bits per heavy atom. The molecular weight excluding hydrogens is 440 g/mol. The SMILES string of the molecule is CC(C)n1c(=O)n(OC(=O)N[C@@H]2C[C@H]3CC[C@@H](C2)N3C[C@@H](O)CN(C)C(N)=O)c2ccccc21. The first kappa shape index (κ1) is 24.1. The number of nitrogens with zero attached hydrogens (tertiary/aromatic N) is 4. The molecule has 1 aromatic carbocycles. The van der Waals surface area contributed by atoms with E-state index in [0.29, 0.717) is 17.6 Å². The molecule has 34 heavy (non-hydrogen) atoms. The number of benzene rings is 1. The van der Waals surface area contributed by atoms with E-state index >= 15 is 0 Å². The highest BCUT2D eigenvalue weighted by Gasteiger charge is 2.42. The molecule has 2 bridgehead atoms. The van der Waals surface area contributed by atoms with Gasteiger partial charge in [-0.05, 0) is 51.7 Å². The lowest BCUT2D eigenvalue weighted by Gasteiger charge is -2.40. The molecular formula is C23H34N6O5. The van der Waals surface area contributed by atoms with Gasteiger partial charge in [-0.15, -0.1) is 4.73 Å². The Bertz CT molecular complexity index is 1100. The van der Waals surface area contributed by atoms with Gasteiger partial charge in [0.2, 0.25) is 0 Å². The van der Waals surface area contributed by atoms with Crippen LogP contribution in [0.15, 0.2) is 29.1 Å². The van der Waals surface area contributed by atoms with Crippen LogP contribution in [0.1, 0.15) is 45.6 Å². The van der Waals surface area contributed by atoms with Gasteiger partial charge in [0.1, 0.15) is 5.52 Å². The van der Waals surface area contributed by atoms with E-state index in [1.54, 1.807) is 23.7 Å². The van der Waals surface area contributed by atoms with Crippen molar-refractivity contribution in [2.24, 2.45) is 5.73 Å². The summed E-state index contributed by atoms with van der Waals surface area (Å²) in [6.45, 7) is 4.45. The quantitative estimate of drug-likeness (QED) is 0.545. The number of hydrogen-bond donors (Lipinski definition) is 3. The second-order valence-electron chi connectivity index (χ2n) is 9.68. The van der Waals surface area contributed by atoms with E-state index in [2.05, 4.69) is 10.2 Å². The van der Waals surface area contributed by atoms with Gasteiger partial charge in [-0.1, -0.05) is 12.1 Å². The maximum Gasteiger partial charge on any atom is 0.432 e. The summed E-state index contributed by atoms with van der Waals surface area (Å²) in [5, 5.41) is 13.3. The fourth-order valence-corrected chi connectivity index (χ4v) is 5.40. The Morgan fingerprint density at radius 1 is 1.21 bits per heavy atom. The van der Waals surface area contributed by atoms with Gasteiger partial charge in [0.05, 0.1) is 11.6 Å². The van der Waals surface area contributed by atoms with Gasteiger partial charge in [-0.25, -0.2) is 14.4 Å². The van der Waals surface area contributed by atoms with Crippen LogP contribution < -0.4 is 21.6 Å². The predicted molar refractivity (Wildman–Crippen MR) is 126 cm³/mol. The van der Waals surface area contributed by atoms with Crippen LogP contribution in [0.4, 0.5) is 9.59 Å². The summed E-state index contributed by atoms with van der Waals surface area (Å²) in [5.74, 6) is 0. The van der Waals surface area contributed by atoms with Crippen LogP contribution in [-0.4, -0.2) is 80.7 Å². The Kier molecular flexibility index (Phi) is 6.85. The number of hydrogen-bond acceptors (Lipinski definition) is 6. The van der Waals surface area contributed by atoms with E-state index in [4.69, 9.17) is 10.6 Å². The highest BCUT2D eigenvalue weighted by atomic mass is 16.7. The first-order valence-electron chi connectivity index (χ1n) is 11.8. The maximum absolute atomic E-state index is 12.9. The zero-order valence-corrected chi connectivity index (χ0v) is 19.9. The number of urea groups is 1. The van der Waals surface area contributed by atoms with Crippen molar-refractivity contribution in [3.63, 3.8) is 0 Å². The van der Waals surface area contributed by atoms with E-state index in [9.17, 15) is 19.5 Å². The van der Waals surface area contributed by atoms with Crippen molar-refractivity contribution in [2.45, 2.75) is 69.8 Å². The standard InChI is InChI=1S/C23H34N6O5/c1-14(2)28-19-6-4-5-7-20(19)29(23(28)33)34-22(32)25-15-10-16-8-9-17(11-15)27(16)13-18(30)12-26(3)21(24)31/h4-7,14-18,30H,8-13H2,1-3H3,(H2,24,31)(H,25,32)/t15-,16-,17+,18-/m0/s1. The molecule has 0 radical (unpaired) electrons. The Balaban J connectivity index is 1.38. The molecule has 2 aromatic rings. The number of para-hydroxylation sites is 2. The average Bonchev–Trinajstić information content (AvgIpc) is 3.16. The van der Waals surface area contributed by atoms with Crippen LogP contribution in [0.2, 0.25) is 0 Å². The van der Waals surface area contributed by atoms with Crippen LogP contribution >= 0.6 is 0 Å². The zero-order chi connectivity index (χ0) is 24.6. The first-order chi connectivity index (χ1) is 16.2. The number of carbonyl (C=O) groups is 2. The van der Waals surface area contributed by atoms with E-state index in [0.717, 1.165) is 30.4 Å². The smallest absolute Gasteiger partial charge is 0.390 e. The molecule has 1 aromatic heterocycles. The number of amides is 3. The molecule has 2 aliphatic rings. The third-order valence-corrected chi connectivity index (χ3v) is 6.92. The van der Waals surface area contributed by atoms with Crippen molar-refractivity contribution in [3.8, 4) is 0 Å². The van der Waals surface area contributed by atoms with Crippen molar-refractivity contribution in [3.05, 3.63) is 34.7 Å². The van der Waals surface area contributed by atoms with Gasteiger partial charge in [-0.3, -0.25) is 9.47 Å². The normalized spacial score (nSPS) is 23.3. The number of likely N-dealkylation sites (N-methyl/N-ethyl adjacent to an activating group) is 1. The fraction of sp³-hybridized carbons (Fsp3) is 0.609. The van der Waals surface area contributed by atoms with E-state index in [1.165, 1.54) is 4.90 Å². The fourth-order valence-electron chi connectivity index (χ4n) is 5.40. The molecule has 11 heteroatoms. The van der Waals surface area contributed by atoms with Gasteiger partial charge in [0, 0.05) is 44.3 Å². The topological polar surface area (TPSA) is 135 Å². The molecule has 0 spiro atoms. The van der Waals surface area contributed by atoms with Crippen LogP contribution in [0.3, 0.4) is 0 Å². The number of imidazole rings is 1. The number of primary amides is 1. The number of piperidine rings is 1. The summed E-state index contributed by atoms with van der Waals surface area (Å²) in [6.07, 6.45) is 2.07. The average molecular weight is 475 g/mol. The summed E-state index contributed by atoms with van der Waals surface area (Å²) in [7, 11) is 1.56. The van der Waals surface area contributed by atoms with Crippen LogP contribution in [0.5, 0.6) is 0 Å². The molecule has 0 aliphatic carbocycles. The van der Waals surface area contributed by atoms with Crippen LogP contribution in [-0.2, 0) is 0 Å². The van der Waals surface area contributed by atoms with Crippen molar-refractivity contribution in [1.29, 1.82) is 0 Å². The molecule has 4 atom stereocenters. The number of aliphatic hydroxyl groups excluding tert-OH is 1. The third kappa shape index (κ3) is 4.76. The number of carbonyl (C=O) groups excluding carboxylic acids is 2. The van der Waals surface area contributed by atoms with Gasteiger partial charge in [0.15, 0.2) is 0 Å². The molecule has 0 saturated carbocycles. The minimum absolute atomic E-state index is 0.0802. The number of nitrogens with two attached hydrogens (primary N) is 1. The monoisotopic (exact) mass is 474 g/mol. The lowest BCUT2D eigenvalue weighted by Crippen LogP contribution is -2.54. The Morgan fingerprint density at radius 3 is 2.41 bits per heavy atom. The lowest BCUT2D eigenvalue weighted by molar-refractivity contribution is 0.0409. The molecule has 2 saturated heterocycles. The molecule has 3 amide bonds. The second-order valence-corrected chi connectivity index (χ2v) is 9.68. The molecule has 2 aliphatic heterocycles. The number of aromatic nitrogens is 2. The van der Waals surface area contributed by atoms with Crippen molar-refractivity contribution >= 4 is 23.2 Å². The Labute approximate surface area is 198 Å². The molecule has 4 rings (SSSR count). The number of aliphatic hydroxyl groups is 1. The zero-order valence-electron chi connectivity index (χ0n) is 19.9. The van der Waals surface area contributed by atoms with E-state index < -0.39 is 23.9 Å². The van der Waals surface area contributed by atoms with Gasteiger partial charge in [0.25, 0.3) is 0 Å². The highest BCUT2D eigenvalue weighted by molar-refractivity contribution is 5.77. The summed E-state index contributed by atoms with van der Waals surface area (Å²) in [5.41, 5.74) is 6.11. The summed E-state index contributed by atoms with van der Waals surface area (Å²) in [6, 6.07) is 6.94. The number of rotatable bonds is 7. The number of fused-ring (bicyclic) bond motifs is 3. The van der Waals surface area contributed by atoms with Gasteiger partial charge < -0.3 is 25.9 Å². The number of nitrogens with one attached hydrogen (secondary N) is 1. The minimum atomic E-state index is -0.694. The molecule has 4 N–H and O–H groups in total. The molecule has 11 nitrogen and oxygen atoms in total.